The molecule has 0 radical (unpaired) electrons. The van der Waals surface area contributed by atoms with Crippen LogP contribution in [-0.2, 0) is 4.74 Å². The van der Waals surface area contributed by atoms with Gasteiger partial charge in [-0.3, -0.25) is 0 Å². The zero-order valence-corrected chi connectivity index (χ0v) is 4.34. The SMILES string of the molecule is C/C=N\C(=O)OC. The highest BCUT2D eigenvalue weighted by Gasteiger charge is 1.85. The summed E-state index contributed by atoms with van der Waals surface area (Å²) >= 11 is 0. The normalized spacial score (nSPS) is 9.43. The molecule has 7 heavy (non-hydrogen) atoms. The molecule has 0 aliphatic heterocycles. The van der Waals surface area contributed by atoms with Gasteiger partial charge in [-0.25, -0.2) is 4.79 Å². The van der Waals surface area contributed by atoms with Crippen LogP contribution in [0.2, 0.25) is 0 Å². The molecule has 0 saturated carbocycles. The van der Waals surface area contributed by atoms with E-state index in [0.29, 0.717) is 0 Å². The van der Waals surface area contributed by atoms with Crippen LogP contribution in [0.1, 0.15) is 6.92 Å². The summed E-state index contributed by atoms with van der Waals surface area (Å²) in [5.74, 6) is 0. The molecule has 0 spiro atoms. The van der Waals surface area contributed by atoms with Gasteiger partial charge in [0.15, 0.2) is 0 Å². The van der Waals surface area contributed by atoms with Gasteiger partial charge in [-0.05, 0) is 6.92 Å². The second kappa shape index (κ2) is 3.33. The third kappa shape index (κ3) is 2.96. The van der Waals surface area contributed by atoms with Crippen LogP contribution < -0.4 is 0 Å². The minimum Gasteiger partial charge on any atom is -0.451 e. The summed E-state index contributed by atoms with van der Waals surface area (Å²) < 4.78 is 4.15. The van der Waals surface area contributed by atoms with Gasteiger partial charge in [0, 0.05) is 6.21 Å². The number of methoxy groups -OCH3 is 1. The smallest absolute Gasteiger partial charge is 0.432 e. The Morgan fingerprint density at radius 1 is 1.86 bits per heavy atom. The second-order valence-corrected chi connectivity index (χ2v) is 0.857. The van der Waals surface area contributed by atoms with Crippen molar-refractivity contribution < 1.29 is 9.53 Å². The minimum atomic E-state index is -0.553. The van der Waals surface area contributed by atoms with Crippen LogP contribution in [0.25, 0.3) is 0 Å². The quantitative estimate of drug-likeness (QED) is 0.424. The molecule has 0 aliphatic carbocycles. The van der Waals surface area contributed by atoms with Crippen molar-refractivity contribution in [3.63, 3.8) is 0 Å². The number of carbonyl (C=O) groups is 1. The van der Waals surface area contributed by atoms with Gasteiger partial charge in [-0.15, -0.1) is 0 Å². The fourth-order valence-electron chi connectivity index (χ4n) is 0.158. The molecule has 0 aromatic carbocycles. The first-order valence-corrected chi connectivity index (χ1v) is 1.88. The number of hydrogen-bond donors (Lipinski definition) is 0. The highest BCUT2D eigenvalue weighted by atomic mass is 16.5. The van der Waals surface area contributed by atoms with E-state index < -0.39 is 6.09 Å². The molecule has 1 amide bonds. The molecule has 0 aromatic heterocycles. The molecule has 40 valence electrons. The van der Waals surface area contributed by atoms with Gasteiger partial charge < -0.3 is 4.74 Å². The Hall–Kier alpha value is -0.860. The molecular formula is C4H7NO2. The van der Waals surface area contributed by atoms with Gasteiger partial charge in [0.1, 0.15) is 0 Å². The van der Waals surface area contributed by atoms with Crippen molar-refractivity contribution in [2.75, 3.05) is 7.11 Å². The van der Waals surface area contributed by atoms with Crippen molar-refractivity contribution >= 4 is 12.3 Å². The second-order valence-electron chi connectivity index (χ2n) is 0.857. The van der Waals surface area contributed by atoms with Crippen LogP contribution in [0.4, 0.5) is 4.79 Å². The van der Waals surface area contributed by atoms with E-state index in [-0.39, 0.29) is 0 Å². The molecule has 0 N–H and O–H groups in total. The van der Waals surface area contributed by atoms with E-state index >= 15 is 0 Å². The Bertz CT molecular complexity index is 87.7. The first kappa shape index (κ1) is 6.14. The molecule has 0 fully saturated rings. The van der Waals surface area contributed by atoms with Crippen LogP contribution >= 0.6 is 0 Å². The first-order valence-electron chi connectivity index (χ1n) is 1.88. The number of amides is 1. The maximum atomic E-state index is 9.99. The summed E-state index contributed by atoms with van der Waals surface area (Å²) in [7, 11) is 1.29. The molecule has 0 aliphatic rings. The molecule has 3 nitrogen and oxygen atoms in total. The zero-order valence-electron chi connectivity index (χ0n) is 4.34. The highest BCUT2D eigenvalue weighted by Crippen LogP contribution is 1.74. The van der Waals surface area contributed by atoms with Crippen LogP contribution in [-0.4, -0.2) is 19.4 Å². The number of hydrogen-bond acceptors (Lipinski definition) is 2. The molecule has 0 aromatic rings. The van der Waals surface area contributed by atoms with Crippen molar-refractivity contribution in [1.82, 2.24) is 0 Å². The van der Waals surface area contributed by atoms with Gasteiger partial charge in [0.25, 0.3) is 0 Å². The predicted octanol–water partition coefficient (Wildman–Crippen LogP) is 0.844. The summed E-state index contributed by atoms with van der Waals surface area (Å²) in [6.45, 7) is 1.65. The average molecular weight is 101 g/mol. The Morgan fingerprint density at radius 2 is 2.43 bits per heavy atom. The fourth-order valence-corrected chi connectivity index (χ4v) is 0.158. The maximum absolute atomic E-state index is 9.99. The van der Waals surface area contributed by atoms with Crippen LogP contribution in [0.3, 0.4) is 0 Å². The average Bonchev–Trinajstić information content (AvgIpc) is 1.68. The molecule has 0 unspecified atom stereocenters. The van der Waals surface area contributed by atoms with Crippen LogP contribution in [0, 0.1) is 0 Å². The highest BCUT2D eigenvalue weighted by molar-refractivity contribution is 5.77. The lowest BCUT2D eigenvalue weighted by atomic mass is 10.9. The van der Waals surface area contributed by atoms with Gasteiger partial charge in [0.05, 0.1) is 7.11 Å². The van der Waals surface area contributed by atoms with Gasteiger partial charge >= 0.3 is 6.09 Å². The van der Waals surface area contributed by atoms with Crippen molar-refractivity contribution in [1.29, 1.82) is 0 Å². The van der Waals surface area contributed by atoms with Crippen LogP contribution in [0.5, 0.6) is 0 Å². The van der Waals surface area contributed by atoms with Crippen molar-refractivity contribution in [3.05, 3.63) is 0 Å². The zero-order chi connectivity index (χ0) is 5.70. The number of ether oxygens (including phenoxy) is 1. The molecule has 0 heterocycles. The van der Waals surface area contributed by atoms with E-state index in [1.165, 1.54) is 13.3 Å². The van der Waals surface area contributed by atoms with Crippen molar-refractivity contribution in [3.8, 4) is 0 Å². The Balaban J connectivity index is 3.37. The van der Waals surface area contributed by atoms with E-state index in [4.69, 9.17) is 0 Å². The third-order valence-electron chi connectivity index (χ3n) is 0.409. The molecule has 0 atom stereocenters. The number of aliphatic imine (C=N–C) groups is 1. The molecule has 0 saturated heterocycles. The molecule has 3 heteroatoms. The number of carbonyl (C=O) groups excluding carboxylic acids is 1. The number of nitrogens with zero attached hydrogens (tertiary/aromatic N) is 1. The van der Waals surface area contributed by atoms with Crippen molar-refractivity contribution in [2.45, 2.75) is 6.92 Å². The van der Waals surface area contributed by atoms with Gasteiger partial charge in [0.2, 0.25) is 0 Å². The molecule has 0 rings (SSSR count). The summed E-state index contributed by atoms with van der Waals surface area (Å²) in [6.07, 6.45) is 0.828. The third-order valence-corrected chi connectivity index (χ3v) is 0.409. The first-order chi connectivity index (χ1) is 3.31. The predicted molar refractivity (Wildman–Crippen MR) is 26.6 cm³/mol. The fraction of sp³-hybridized carbons (Fsp3) is 0.500. The minimum absolute atomic E-state index is 0.553. The Kier molecular flexibility index (Phi) is 2.92. The lowest BCUT2D eigenvalue weighted by molar-refractivity contribution is 0.183. The van der Waals surface area contributed by atoms with Gasteiger partial charge in [-0.1, -0.05) is 0 Å². The lowest BCUT2D eigenvalue weighted by Crippen LogP contribution is -1.90. The molecule has 0 bridgehead atoms. The topological polar surface area (TPSA) is 38.7 Å². The lowest BCUT2D eigenvalue weighted by Gasteiger charge is -1.83. The maximum Gasteiger partial charge on any atom is 0.432 e. The molecular weight excluding hydrogens is 94.0 g/mol. The van der Waals surface area contributed by atoms with E-state index in [1.54, 1.807) is 6.92 Å². The summed E-state index contributed by atoms with van der Waals surface area (Å²) in [4.78, 5) is 13.2. The van der Waals surface area contributed by atoms with E-state index in [2.05, 4.69) is 9.73 Å². The standard InChI is InChI=1S/C4H7NO2/c1-3-5-4(6)7-2/h3H,1-2H3/b5-3-. The largest absolute Gasteiger partial charge is 0.451 e. The monoisotopic (exact) mass is 101 g/mol. The summed E-state index contributed by atoms with van der Waals surface area (Å²) in [5, 5.41) is 0. The van der Waals surface area contributed by atoms with E-state index in [0.717, 1.165) is 0 Å². The Morgan fingerprint density at radius 3 is 2.57 bits per heavy atom. The summed E-state index contributed by atoms with van der Waals surface area (Å²) in [5.41, 5.74) is 0. The van der Waals surface area contributed by atoms with Crippen molar-refractivity contribution in [2.24, 2.45) is 4.99 Å². The van der Waals surface area contributed by atoms with E-state index in [9.17, 15) is 4.79 Å². The number of rotatable bonds is 0. The van der Waals surface area contributed by atoms with Gasteiger partial charge in [-0.2, -0.15) is 4.99 Å². The Labute approximate surface area is 42.0 Å². The summed E-state index contributed by atoms with van der Waals surface area (Å²) in [6, 6.07) is 0. The van der Waals surface area contributed by atoms with Crippen LogP contribution in [0.15, 0.2) is 4.99 Å². The van der Waals surface area contributed by atoms with E-state index in [1.807, 2.05) is 0 Å².